The number of nitrogens with one attached hydrogen (secondary N) is 2. The van der Waals surface area contributed by atoms with Gasteiger partial charge in [-0.3, -0.25) is 0 Å². The van der Waals surface area contributed by atoms with Gasteiger partial charge in [0.1, 0.15) is 0 Å². The molecule has 0 bridgehead atoms. The molecule has 0 radical (unpaired) electrons. The van der Waals surface area contributed by atoms with Gasteiger partial charge in [-0.1, -0.05) is 18.9 Å². The Labute approximate surface area is 116 Å². The van der Waals surface area contributed by atoms with Crippen LogP contribution in [-0.4, -0.2) is 45.3 Å². The summed E-state index contributed by atoms with van der Waals surface area (Å²) in [6, 6.07) is 0.954. The Morgan fingerprint density at radius 2 is 2.28 bits per heavy atom. The number of anilines is 1. The molecule has 0 aliphatic carbocycles. The number of hydrogen-bond donors (Lipinski definition) is 2. The molecule has 7 heteroatoms. The highest BCUT2D eigenvalue weighted by Crippen LogP contribution is 2.24. The Balaban J connectivity index is 1.72. The molecule has 18 heavy (non-hydrogen) atoms. The maximum Gasteiger partial charge on any atom is 0.315 e. The van der Waals surface area contributed by atoms with Gasteiger partial charge < -0.3 is 15.1 Å². The van der Waals surface area contributed by atoms with Crippen LogP contribution in [0.15, 0.2) is 4.42 Å². The highest BCUT2D eigenvalue weighted by molar-refractivity contribution is 8.06. The minimum Gasteiger partial charge on any atom is -0.407 e. The van der Waals surface area contributed by atoms with E-state index in [-0.39, 0.29) is 0 Å². The monoisotopic (exact) mass is 288 g/mol. The van der Waals surface area contributed by atoms with E-state index in [2.05, 4.69) is 34.7 Å². The highest BCUT2D eigenvalue weighted by Gasteiger charge is 2.15. The first kappa shape index (κ1) is 14.0. The standard InChI is InChI=1S/C11H20N4OS2/c1-8(2)12-6-10-14-15-11(16-10)13-5-9-7-17-3-4-18-9/h8-9,12H,3-7H2,1-2H3,(H,13,15). The van der Waals surface area contributed by atoms with Gasteiger partial charge in [0.05, 0.1) is 6.54 Å². The largest absolute Gasteiger partial charge is 0.407 e. The first-order chi connectivity index (χ1) is 8.74. The van der Waals surface area contributed by atoms with Gasteiger partial charge in [-0.25, -0.2) is 0 Å². The second-order valence-electron chi connectivity index (χ2n) is 4.49. The average Bonchev–Trinajstić information content (AvgIpc) is 2.83. The van der Waals surface area contributed by atoms with Crippen LogP contribution in [0.2, 0.25) is 0 Å². The van der Waals surface area contributed by atoms with Crippen LogP contribution in [-0.2, 0) is 6.54 Å². The zero-order valence-corrected chi connectivity index (χ0v) is 12.4. The molecule has 102 valence electrons. The van der Waals surface area contributed by atoms with Crippen LogP contribution in [0, 0.1) is 0 Å². The SMILES string of the molecule is CC(C)NCc1nnc(NCC2CSCCS2)o1. The topological polar surface area (TPSA) is 63.0 Å². The number of hydrogen-bond acceptors (Lipinski definition) is 7. The smallest absolute Gasteiger partial charge is 0.315 e. The molecule has 0 spiro atoms. The maximum absolute atomic E-state index is 5.51. The Kier molecular flexibility index (Phi) is 5.65. The van der Waals surface area contributed by atoms with E-state index >= 15 is 0 Å². The predicted molar refractivity (Wildman–Crippen MR) is 78.3 cm³/mol. The molecule has 1 fully saturated rings. The van der Waals surface area contributed by atoms with Gasteiger partial charge in [-0.05, 0) is 0 Å². The third-order valence-electron chi connectivity index (χ3n) is 2.49. The van der Waals surface area contributed by atoms with Crippen molar-refractivity contribution in [2.45, 2.75) is 31.7 Å². The molecular weight excluding hydrogens is 268 g/mol. The van der Waals surface area contributed by atoms with Gasteiger partial charge in [0.25, 0.3) is 0 Å². The predicted octanol–water partition coefficient (Wildman–Crippen LogP) is 1.83. The third-order valence-corrected chi connectivity index (χ3v) is 5.34. The Morgan fingerprint density at radius 1 is 1.39 bits per heavy atom. The molecule has 0 saturated carbocycles. The van der Waals surface area contributed by atoms with Gasteiger partial charge in [0, 0.05) is 35.1 Å². The van der Waals surface area contributed by atoms with Crippen molar-refractivity contribution in [2.24, 2.45) is 0 Å². The van der Waals surface area contributed by atoms with Gasteiger partial charge >= 0.3 is 6.01 Å². The summed E-state index contributed by atoms with van der Waals surface area (Å²) in [5, 5.41) is 15.1. The molecule has 2 rings (SSSR count). The van der Waals surface area contributed by atoms with Crippen LogP contribution < -0.4 is 10.6 Å². The second kappa shape index (κ2) is 7.25. The van der Waals surface area contributed by atoms with E-state index in [0.29, 0.717) is 29.7 Å². The van der Waals surface area contributed by atoms with E-state index in [1.54, 1.807) is 0 Å². The van der Waals surface area contributed by atoms with Crippen LogP contribution >= 0.6 is 23.5 Å². The van der Waals surface area contributed by atoms with Crippen molar-refractivity contribution >= 4 is 29.5 Å². The first-order valence-corrected chi connectivity index (χ1v) is 8.43. The lowest BCUT2D eigenvalue weighted by Crippen LogP contribution is -2.23. The van der Waals surface area contributed by atoms with E-state index in [9.17, 15) is 0 Å². The van der Waals surface area contributed by atoms with Gasteiger partial charge in [0.2, 0.25) is 5.89 Å². The lowest BCUT2D eigenvalue weighted by Gasteiger charge is -2.20. The van der Waals surface area contributed by atoms with Crippen LogP contribution in [0.3, 0.4) is 0 Å². The molecule has 5 nitrogen and oxygen atoms in total. The molecule has 1 aliphatic rings. The molecule has 1 aliphatic heterocycles. The zero-order chi connectivity index (χ0) is 12.8. The highest BCUT2D eigenvalue weighted by atomic mass is 32.2. The van der Waals surface area contributed by atoms with Crippen LogP contribution in [0.1, 0.15) is 19.7 Å². The van der Waals surface area contributed by atoms with Crippen molar-refractivity contribution < 1.29 is 4.42 Å². The minimum atomic E-state index is 0.420. The number of rotatable bonds is 6. The van der Waals surface area contributed by atoms with Crippen molar-refractivity contribution in [3.05, 3.63) is 5.89 Å². The fourth-order valence-corrected chi connectivity index (χ4v) is 4.16. The number of aromatic nitrogens is 2. The van der Waals surface area contributed by atoms with Crippen LogP contribution in [0.5, 0.6) is 0 Å². The average molecular weight is 288 g/mol. The molecule has 2 heterocycles. The lowest BCUT2D eigenvalue weighted by molar-refractivity contribution is 0.458. The molecule has 0 aromatic carbocycles. The summed E-state index contributed by atoms with van der Waals surface area (Å²) >= 11 is 4.04. The molecule has 1 aromatic heterocycles. The Hall–Kier alpha value is -0.400. The van der Waals surface area contributed by atoms with Crippen LogP contribution in [0.4, 0.5) is 6.01 Å². The lowest BCUT2D eigenvalue weighted by atomic mass is 10.4. The van der Waals surface area contributed by atoms with E-state index in [4.69, 9.17) is 4.42 Å². The zero-order valence-electron chi connectivity index (χ0n) is 10.8. The van der Waals surface area contributed by atoms with Crippen LogP contribution in [0.25, 0.3) is 0 Å². The summed E-state index contributed by atoms with van der Waals surface area (Å²) in [4.78, 5) is 0. The molecule has 2 N–H and O–H groups in total. The summed E-state index contributed by atoms with van der Waals surface area (Å²) in [6.45, 7) is 5.71. The fraction of sp³-hybridized carbons (Fsp3) is 0.818. The summed E-state index contributed by atoms with van der Waals surface area (Å²) in [6.07, 6.45) is 0. The Bertz CT molecular complexity index is 353. The minimum absolute atomic E-state index is 0.420. The van der Waals surface area contributed by atoms with Gasteiger partial charge in [-0.15, -0.1) is 5.10 Å². The maximum atomic E-state index is 5.51. The van der Waals surface area contributed by atoms with Crippen molar-refractivity contribution in [3.63, 3.8) is 0 Å². The third kappa shape index (κ3) is 4.70. The summed E-state index contributed by atoms with van der Waals surface area (Å²) < 4.78 is 5.51. The van der Waals surface area contributed by atoms with E-state index in [1.165, 1.54) is 17.3 Å². The first-order valence-electron chi connectivity index (χ1n) is 6.23. The quantitative estimate of drug-likeness (QED) is 0.828. The summed E-state index contributed by atoms with van der Waals surface area (Å²) in [7, 11) is 0. The Morgan fingerprint density at radius 3 is 3.00 bits per heavy atom. The normalized spacial score (nSPS) is 20.3. The van der Waals surface area contributed by atoms with Crippen molar-refractivity contribution in [3.8, 4) is 0 Å². The fourth-order valence-electron chi connectivity index (χ4n) is 1.54. The summed E-state index contributed by atoms with van der Waals surface area (Å²) in [5.41, 5.74) is 0. The molecule has 0 amide bonds. The van der Waals surface area contributed by atoms with E-state index < -0.39 is 0 Å². The van der Waals surface area contributed by atoms with Gasteiger partial charge in [-0.2, -0.15) is 23.5 Å². The van der Waals surface area contributed by atoms with Crippen molar-refractivity contribution in [1.82, 2.24) is 15.5 Å². The van der Waals surface area contributed by atoms with Crippen molar-refractivity contribution in [2.75, 3.05) is 29.1 Å². The van der Waals surface area contributed by atoms with E-state index in [0.717, 1.165) is 6.54 Å². The summed E-state index contributed by atoms with van der Waals surface area (Å²) in [5.74, 6) is 4.35. The molecule has 1 saturated heterocycles. The molecule has 1 atom stereocenters. The van der Waals surface area contributed by atoms with Gasteiger partial charge in [0.15, 0.2) is 0 Å². The van der Waals surface area contributed by atoms with E-state index in [1.807, 2.05) is 23.5 Å². The molecule has 1 unspecified atom stereocenters. The number of thioether (sulfide) groups is 2. The number of nitrogens with zero attached hydrogens (tertiary/aromatic N) is 2. The molecule has 1 aromatic rings. The molecular formula is C11H20N4OS2. The van der Waals surface area contributed by atoms with Crippen molar-refractivity contribution in [1.29, 1.82) is 0 Å². The second-order valence-corrected chi connectivity index (χ2v) is 7.04.